The standard InChI is InChI=1S/C12H12N6/c13-10-4-2-1-3-9(10)7-15-11-12-17-16-8-18(12)6-5-14-11/h1-6,8H,7,13H2,(H,14,15). The second kappa shape index (κ2) is 4.33. The maximum absolute atomic E-state index is 5.88. The van der Waals surface area contributed by atoms with E-state index in [1.54, 1.807) is 18.7 Å². The van der Waals surface area contributed by atoms with Crippen molar-refractivity contribution in [3.8, 4) is 0 Å². The first kappa shape index (κ1) is 10.5. The number of benzene rings is 1. The summed E-state index contributed by atoms with van der Waals surface area (Å²) < 4.78 is 1.81. The largest absolute Gasteiger partial charge is 0.398 e. The molecule has 0 bridgehead atoms. The Kier molecular flexibility index (Phi) is 2.53. The van der Waals surface area contributed by atoms with Crippen LogP contribution in [0.4, 0.5) is 11.5 Å². The normalized spacial score (nSPS) is 10.7. The molecule has 1 aromatic carbocycles. The van der Waals surface area contributed by atoms with Crippen LogP contribution < -0.4 is 11.1 Å². The van der Waals surface area contributed by atoms with Gasteiger partial charge in [-0.25, -0.2) is 4.98 Å². The number of hydrogen-bond acceptors (Lipinski definition) is 5. The molecular formula is C12H12N6. The topological polar surface area (TPSA) is 81.1 Å². The van der Waals surface area contributed by atoms with Crippen LogP contribution in [0.5, 0.6) is 0 Å². The monoisotopic (exact) mass is 240 g/mol. The Morgan fingerprint density at radius 2 is 2.17 bits per heavy atom. The molecule has 0 amide bonds. The summed E-state index contributed by atoms with van der Waals surface area (Å²) >= 11 is 0. The molecule has 6 nitrogen and oxygen atoms in total. The highest BCUT2D eigenvalue weighted by molar-refractivity contribution is 5.62. The van der Waals surface area contributed by atoms with Gasteiger partial charge in [-0.3, -0.25) is 4.40 Å². The van der Waals surface area contributed by atoms with E-state index < -0.39 is 0 Å². The molecule has 3 N–H and O–H groups in total. The second-order valence-corrected chi connectivity index (χ2v) is 3.89. The van der Waals surface area contributed by atoms with Crippen molar-refractivity contribution in [1.29, 1.82) is 0 Å². The first-order valence-electron chi connectivity index (χ1n) is 5.56. The minimum absolute atomic E-state index is 0.603. The Morgan fingerprint density at radius 3 is 3.06 bits per heavy atom. The molecule has 0 aliphatic carbocycles. The van der Waals surface area contributed by atoms with Crippen LogP contribution in [0.3, 0.4) is 0 Å². The van der Waals surface area contributed by atoms with Gasteiger partial charge in [-0.1, -0.05) is 18.2 Å². The van der Waals surface area contributed by atoms with E-state index in [2.05, 4.69) is 20.5 Å². The van der Waals surface area contributed by atoms with Crippen molar-refractivity contribution in [3.63, 3.8) is 0 Å². The molecule has 0 aliphatic heterocycles. The number of rotatable bonds is 3. The van der Waals surface area contributed by atoms with E-state index >= 15 is 0 Å². The molecular weight excluding hydrogens is 228 g/mol. The van der Waals surface area contributed by atoms with Gasteiger partial charge in [-0.15, -0.1) is 10.2 Å². The molecule has 0 spiro atoms. The summed E-state index contributed by atoms with van der Waals surface area (Å²) in [6, 6.07) is 7.73. The third-order valence-corrected chi connectivity index (χ3v) is 2.72. The van der Waals surface area contributed by atoms with E-state index in [1.807, 2.05) is 28.7 Å². The van der Waals surface area contributed by atoms with Crippen molar-refractivity contribution < 1.29 is 0 Å². The maximum atomic E-state index is 5.88. The Balaban J connectivity index is 1.85. The van der Waals surface area contributed by atoms with Crippen molar-refractivity contribution in [2.45, 2.75) is 6.54 Å². The van der Waals surface area contributed by atoms with Gasteiger partial charge in [0, 0.05) is 24.6 Å². The maximum Gasteiger partial charge on any atom is 0.203 e. The van der Waals surface area contributed by atoms with Gasteiger partial charge in [-0.05, 0) is 11.6 Å². The van der Waals surface area contributed by atoms with Crippen LogP contribution >= 0.6 is 0 Å². The van der Waals surface area contributed by atoms with Crippen LogP contribution in [-0.4, -0.2) is 19.6 Å². The average molecular weight is 240 g/mol. The summed E-state index contributed by atoms with van der Waals surface area (Å²) in [4.78, 5) is 4.25. The van der Waals surface area contributed by atoms with E-state index in [9.17, 15) is 0 Å². The van der Waals surface area contributed by atoms with E-state index in [0.29, 0.717) is 18.0 Å². The highest BCUT2D eigenvalue weighted by atomic mass is 15.2. The third-order valence-electron chi connectivity index (χ3n) is 2.72. The lowest BCUT2D eigenvalue weighted by atomic mass is 10.2. The fraction of sp³-hybridized carbons (Fsp3) is 0.0833. The number of nitrogens with two attached hydrogens (primary N) is 1. The molecule has 0 unspecified atom stereocenters. The number of para-hydroxylation sites is 1. The van der Waals surface area contributed by atoms with Crippen LogP contribution in [0.25, 0.3) is 5.65 Å². The van der Waals surface area contributed by atoms with E-state index in [-0.39, 0.29) is 0 Å². The van der Waals surface area contributed by atoms with Crippen molar-refractivity contribution in [3.05, 3.63) is 48.5 Å². The number of hydrogen-bond donors (Lipinski definition) is 2. The average Bonchev–Trinajstić information content (AvgIpc) is 2.86. The number of anilines is 2. The van der Waals surface area contributed by atoms with Crippen LogP contribution in [0.15, 0.2) is 43.0 Å². The quantitative estimate of drug-likeness (QED) is 0.675. The molecule has 6 heteroatoms. The Morgan fingerprint density at radius 1 is 1.28 bits per heavy atom. The molecule has 0 radical (unpaired) electrons. The molecule has 0 saturated heterocycles. The SMILES string of the molecule is Nc1ccccc1CNc1nccn2cnnc12. The van der Waals surface area contributed by atoms with Crippen molar-refractivity contribution >= 4 is 17.2 Å². The summed E-state index contributed by atoms with van der Waals surface area (Å²) in [5.41, 5.74) is 8.38. The fourth-order valence-corrected chi connectivity index (χ4v) is 1.76. The zero-order valence-corrected chi connectivity index (χ0v) is 9.61. The van der Waals surface area contributed by atoms with E-state index in [4.69, 9.17) is 5.73 Å². The lowest BCUT2D eigenvalue weighted by molar-refractivity contribution is 1.07. The van der Waals surface area contributed by atoms with Gasteiger partial charge in [0.05, 0.1) is 0 Å². The zero-order valence-electron chi connectivity index (χ0n) is 9.61. The summed E-state index contributed by atoms with van der Waals surface area (Å²) in [6.07, 6.45) is 5.14. The fourth-order valence-electron chi connectivity index (χ4n) is 1.76. The molecule has 0 aliphatic rings. The zero-order chi connectivity index (χ0) is 12.4. The molecule has 0 fully saturated rings. The molecule has 0 saturated carbocycles. The van der Waals surface area contributed by atoms with Crippen LogP contribution in [-0.2, 0) is 6.54 Å². The summed E-state index contributed by atoms with van der Waals surface area (Å²) in [5.74, 6) is 0.693. The van der Waals surface area contributed by atoms with Gasteiger partial charge >= 0.3 is 0 Å². The second-order valence-electron chi connectivity index (χ2n) is 3.89. The number of aromatic nitrogens is 4. The van der Waals surface area contributed by atoms with Crippen molar-refractivity contribution in [2.75, 3.05) is 11.1 Å². The minimum Gasteiger partial charge on any atom is -0.398 e. The van der Waals surface area contributed by atoms with Gasteiger partial charge < -0.3 is 11.1 Å². The van der Waals surface area contributed by atoms with Gasteiger partial charge in [0.15, 0.2) is 5.82 Å². The Bertz CT molecular complexity index is 675. The van der Waals surface area contributed by atoms with Crippen molar-refractivity contribution in [1.82, 2.24) is 19.6 Å². The number of fused-ring (bicyclic) bond motifs is 1. The van der Waals surface area contributed by atoms with Crippen LogP contribution in [0.2, 0.25) is 0 Å². The minimum atomic E-state index is 0.603. The highest BCUT2D eigenvalue weighted by Crippen LogP contribution is 2.14. The number of nitrogen functional groups attached to an aromatic ring is 1. The Hall–Kier alpha value is -2.63. The van der Waals surface area contributed by atoms with E-state index in [0.717, 1.165) is 11.3 Å². The van der Waals surface area contributed by atoms with Gasteiger partial charge in [-0.2, -0.15) is 0 Å². The summed E-state index contributed by atoms with van der Waals surface area (Å²) in [6.45, 7) is 0.603. The lowest BCUT2D eigenvalue weighted by Crippen LogP contribution is -2.05. The van der Waals surface area contributed by atoms with Gasteiger partial charge in [0.2, 0.25) is 5.65 Å². The van der Waals surface area contributed by atoms with Crippen LogP contribution in [0, 0.1) is 0 Å². The van der Waals surface area contributed by atoms with Gasteiger partial charge in [0.25, 0.3) is 0 Å². The van der Waals surface area contributed by atoms with Gasteiger partial charge in [0.1, 0.15) is 6.33 Å². The summed E-state index contributed by atoms with van der Waals surface area (Å²) in [5, 5.41) is 11.1. The first-order valence-corrected chi connectivity index (χ1v) is 5.56. The number of nitrogens with one attached hydrogen (secondary N) is 1. The molecule has 3 rings (SSSR count). The smallest absolute Gasteiger partial charge is 0.203 e. The third kappa shape index (κ3) is 1.84. The predicted octanol–water partition coefficient (Wildman–Crippen LogP) is 1.32. The van der Waals surface area contributed by atoms with Crippen LogP contribution in [0.1, 0.15) is 5.56 Å². The number of nitrogens with zero attached hydrogens (tertiary/aromatic N) is 4. The lowest BCUT2D eigenvalue weighted by Gasteiger charge is -2.08. The predicted molar refractivity (Wildman–Crippen MR) is 69.0 cm³/mol. The van der Waals surface area contributed by atoms with E-state index in [1.165, 1.54) is 0 Å². The summed E-state index contributed by atoms with van der Waals surface area (Å²) in [7, 11) is 0. The Labute approximate surface area is 103 Å². The molecule has 2 aromatic heterocycles. The molecule has 2 heterocycles. The molecule has 0 atom stereocenters. The molecule has 3 aromatic rings. The highest BCUT2D eigenvalue weighted by Gasteiger charge is 2.05. The van der Waals surface area contributed by atoms with Crippen molar-refractivity contribution in [2.24, 2.45) is 0 Å². The first-order chi connectivity index (χ1) is 8.84. The molecule has 18 heavy (non-hydrogen) atoms. The molecule has 90 valence electrons.